The Morgan fingerprint density at radius 1 is 1.22 bits per heavy atom. The fourth-order valence-electron chi connectivity index (χ4n) is 3.05. The van der Waals surface area contributed by atoms with Crippen LogP contribution in [0.3, 0.4) is 0 Å². The number of nitrogens with zero attached hydrogens (tertiary/aromatic N) is 2. The van der Waals surface area contributed by atoms with E-state index in [0.29, 0.717) is 30.3 Å². The van der Waals surface area contributed by atoms with E-state index in [9.17, 15) is 14.9 Å². The van der Waals surface area contributed by atoms with Gasteiger partial charge in [-0.1, -0.05) is 0 Å². The van der Waals surface area contributed by atoms with Crippen molar-refractivity contribution in [2.45, 2.75) is 32.2 Å². The molecule has 0 unspecified atom stereocenters. The predicted octanol–water partition coefficient (Wildman–Crippen LogP) is 3.18. The van der Waals surface area contributed by atoms with E-state index in [1.807, 2.05) is 0 Å². The molecular formula is C22H25N3O7. The zero-order chi connectivity index (χ0) is 23.0. The average molecular weight is 443 g/mol. The molecule has 1 N–H and O–H groups in total. The first-order chi connectivity index (χ1) is 15.4. The van der Waals surface area contributed by atoms with Crippen LogP contribution in [0.5, 0.6) is 11.5 Å². The number of hydrogen-bond acceptors (Lipinski definition) is 8. The number of rotatable bonds is 9. The first kappa shape index (κ1) is 23.2. The fraction of sp³-hybridized carbons (Fsp3) is 0.364. The van der Waals surface area contributed by atoms with Crippen LogP contribution in [0.4, 0.5) is 5.69 Å². The van der Waals surface area contributed by atoms with E-state index in [-0.39, 0.29) is 24.6 Å². The molecule has 0 bridgehead atoms. The van der Waals surface area contributed by atoms with Crippen molar-refractivity contribution in [1.29, 1.82) is 0 Å². The maximum absolute atomic E-state index is 12.1. The van der Waals surface area contributed by atoms with E-state index in [0.717, 1.165) is 12.0 Å². The lowest BCUT2D eigenvalue weighted by molar-refractivity contribution is -0.384. The summed E-state index contributed by atoms with van der Waals surface area (Å²) in [5, 5.41) is 14.7. The molecular weight excluding hydrogens is 418 g/mol. The van der Waals surface area contributed by atoms with Gasteiger partial charge in [-0.2, -0.15) is 5.10 Å². The smallest absolute Gasteiger partial charge is 0.269 e. The molecule has 3 rings (SSSR count). The molecule has 0 radical (unpaired) electrons. The maximum Gasteiger partial charge on any atom is 0.269 e. The Labute approximate surface area is 185 Å². The second-order valence-electron chi connectivity index (χ2n) is 7.28. The number of nitro groups is 1. The first-order valence-electron chi connectivity index (χ1n) is 10.0. The number of carbonyl (C=O) groups is 1. The highest BCUT2D eigenvalue weighted by atomic mass is 16.7. The summed E-state index contributed by atoms with van der Waals surface area (Å²) < 4.78 is 22.2. The molecule has 1 aliphatic rings. The van der Waals surface area contributed by atoms with Crippen LogP contribution in [-0.2, 0) is 20.9 Å². The molecule has 170 valence electrons. The lowest BCUT2D eigenvalue weighted by Crippen LogP contribution is -2.41. The molecule has 0 spiro atoms. The highest BCUT2D eigenvalue weighted by Crippen LogP contribution is 2.28. The molecule has 1 aliphatic heterocycles. The van der Waals surface area contributed by atoms with Gasteiger partial charge in [0.1, 0.15) is 6.61 Å². The SMILES string of the molecule is COc1cc(/C=N\NC(=O)CC2(C)OCCCO2)ccc1OCc1ccc([N+](=O)[O-])cc1. The molecule has 0 aliphatic carbocycles. The molecule has 1 saturated heterocycles. The third-order valence-electron chi connectivity index (χ3n) is 4.72. The maximum atomic E-state index is 12.1. The second kappa shape index (κ2) is 10.7. The van der Waals surface area contributed by atoms with Gasteiger partial charge in [-0.3, -0.25) is 14.9 Å². The standard InChI is InChI=1S/C22H25N3O7/c1-22(31-10-3-11-32-22)13-21(26)24-23-14-17-6-9-19(20(12-17)29-2)30-15-16-4-7-18(8-5-16)25(27)28/h4-9,12,14H,3,10-11,13,15H2,1-2H3,(H,24,26)/b23-14-. The minimum absolute atomic E-state index is 0.0231. The Morgan fingerprint density at radius 2 is 1.94 bits per heavy atom. The van der Waals surface area contributed by atoms with Gasteiger partial charge in [-0.15, -0.1) is 0 Å². The zero-order valence-electron chi connectivity index (χ0n) is 17.9. The van der Waals surface area contributed by atoms with E-state index < -0.39 is 10.7 Å². The Bertz CT molecular complexity index is 970. The van der Waals surface area contributed by atoms with E-state index in [1.54, 1.807) is 37.3 Å². The summed E-state index contributed by atoms with van der Waals surface area (Å²) in [5.41, 5.74) is 3.97. The summed E-state index contributed by atoms with van der Waals surface area (Å²) in [7, 11) is 1.52. The van der Waals surface area contributed by atoms with E-state index in [2.05, 4.69) is 10.5 Å². The Hall–Kier alpha value is -3.50. The van der Waals surface area contributed by atoms with Gasteiger partial charge in [0.05, 0.1) is 37.9 Å². The summed E-state index contributed by atoms with van der Waals surface area (Å²) >= 11 is 0. The van der Waals surface area contributed by atoms with Crippen molar-refractivity contribution >= 4 is 17.8 Å². The minimum atomic E-state index is -0.927. The number of nitro benzene ring substituents is 1. The first-order valence-corrected chi connectivity index (χ1v) is 10.0. The molecule has 1 heterocycles. The van der Waals surface area contributed by atoms with Crippen LogP contribution in [0.15, 0.2) is 47.6 Å². The summed E-state index contributed by atoms with van der Waals surface area (Å²) in [6, 6.07) is 11.3. The van der Waals surface area contributed by atoms with Gasteiger partial charge in [0.15, 0.2) is 17.3 Å². The minimum Gasteiger partial charge on any atom is -0.493 e. The van der Waals surface area contributed by atoms with Crippen molar-refractivity contribution < 1.29 is 28.7 Å². The van der Waals surface area contributed by atoms with Gasteiger partial charge < -0.3 is 18.9 Å². The van der Waals surface area contributed by atoms with Crippen LogP contribution in [0.2, 0.25) is 0 Å². The fourth-order valence-corrected chi connectivity index (χ4v) is 3.05. The molecule has 2 aromatic rings. The van der Waals surface area contributed by atoms with Crippen molar-refractivity contribution in [1.82, 2.24) is 5.43 Å². The van der Waals surface area contributed by atoms with Crippen LogP contribution in [0.1, 0.15) is 30.9 Å². The van der Waals surface area contributed by atoms with Gasteiger partial charge in [0.25, 0.3) is 5.69 Å². The molecule has 1 fully saturated rings. The lowest BCUT2D eigenvalue weighted by Gasteiger charge is -2.33. The summed E-state index contributed by atoms with van der Waals surface area (Å²) in [6.07, 6.45) is 2.35. The third-order valence-corrected chi connectivity index (χ3v) is 4.72. The number of ether oxygens (including phenoxy) is 4. The van der Waals surface area contributed by atoms with Crippen molar-refractivity contribution in [3.63, 3.8) is 0 Å². The summed E-state index contributed by atoms with van der Waals surface area (Å²) in [4.78, 5) is 22.4. The molecule has 32 heavy (non-hydrogen) atoms. The van der Waals surface area contributed by atoms with Crippen LogP contribution >= 0.6 is 0 Å². The highest BCUT2D eigenvalue weighted by Gasteiger charge is 2.31. The number of amides is 1. The van der Waals surface area contributed by atoms with Crippen molar-refractivity contribution in [2.75, 3.05) is 20.3 Å². The molecule has 1 amide bonds. The van der Waals surface area contributed by atoms with E-state index in [4.69, 9.17) is 18.9 Å². The van der Waals surface area contributed by atoms with Gasteiger partial charge in [0.2, 0.25) is 5.91 Å². The van der Waals surface area contributed by atoms with Crippen LogP contribution in [0, 0.1) is 10.1 Å². The van der Waals surface area contributed by atoms with Crippen molar-refractivity contribution in [3.8, 4) is 11.5 Å². The van der Waals surface area contributed by atoms with Gasteiger partial charge in [-0.05, 0) is 54.8 Å². The number of benzene rings is 2. The van der Waals surface area contributed by atoms with E-state index >= 15 is 0 Å². The number of nitrogens with one attached hydrogen (secondary N) is 1. The molecule has 10 heteroatoms. The van der Waals surface area contributed by atoms with Crippen molar-refractivity contribution in [3.05, 3.63) is 63.7 Å². The topological polar surface area (TPSA) is 122 Å². The third kappa shape index (κ3) is 6.50. The number of methoxy groups -OCH3 is 1. The van der Waals surface area contributed by atoms with Crippen molar-refractivity contribution in [2.24, 2.45) is 5.10 Å². The Kier molecular flexibility index (Phi) is 7.74. The number of hydrogen-bond donors (Lipinski definition) is 1. The highest BCUT2D eigenvalue weighted by molar-refractivity contribution is 5.83. The Balaban J connectivity index is 1.54. The van der Waals surface area contributed by atoms with E-state index in [1.165, 1.54) is 25.5 Å². The van der Waals surface area contributed by atoms with Gasteiger partial charge >= 0.3 is 0 Å². The molecule has 0 aromatic heterocycles. The largest absolute Gasteiger partial charge is 0.493 e. The molecule has 10 nitrogen and oxygen atoms in total. The van der Waals surface area contributed by atoms with Gasteiger partial charge in [0, 0.05) is 12.1 Å². The van der Waals surface area contributed by atoms with Gasteiger partial charge in [-0.25, -0.2) is 5.43 Å². The second-order valence-corrected chi connectivity index (χ2v) is 7.28. The zero-order valence-corrected chi connectivity index (χ0v) is 17.9. The Morgan fingerprint density at radius 3 is 2.59 bits per heavy atom. The quantitative estimate of drug-likeness (QED) is 0.359. The molecule has 0 saturated carbocycles. The monoisotopic (exact) mass is 443 g/mol. The normalized spacial score (nSPS) is 15.3. The number of carbonyl (C=O) groups excluding carboxylic acids is 1. The average Bonchev–Trinajstić information content (AvgIpc) is 2.78. The molecule has 2 aromatic carbocycles. The summed E-state index contributed by atoms with van der Waals surface area (Å²) in [5.74, 6) is -0.255. The molecule has 0 atom stereocenters. The predicted molar refractivity (Wildman–Crippen MR) is 116 cm³/mol. The number of hydrazone groups is 1. The van der Waals surface area contributed by atoms with Crippen LogP contribution < -0.4 is 14.9 Å². The van der Waals surface area contributed by atoms with Crippen LogP contribution in [-0.4, -0.2) is 43.2 Å². The lowest BCUT2D eigenvalue weighted by atomic mass is 10.2. The number of non-ortho nitro benzene ring substituents is 1. The summed E-state index contributed by atoms with van der Waals surface area (Å²) in [6.45, 7) is 3.08. The van der Waals surface area contributed by atoms with Crippen LogP contribution in [0.25, 0.3) is 0 Å².